The normalized spacial score (nSPS) is 11.9. The summed E-state index contributed by atoms with van der Waals surface area (Å²) in [5, 5.41) is 3.02. The average Bonchev–Trinajstić information content (AvgIpc) is 2.11. The highest BCUT2D eigenvalue weighted by Crippen LogP contribution is 2.21. The fraction of sp³-hybridized carbons (Fsp3) is 0.923. The van der Waals surface area contributed by atoms with Crippen molar-refractivity contribution in [3.05, 3.63) is 0 Å². The predicted octanol–water partition coefficient (Wildman–Crippen LogP) is 3.61. The van der Waals surface area contributed by atoms with Crippen LogP contribution in [0, 0.1) is 11.3 Å². The zero-order valence-electron chi connectivity index (χ0n) is 11.0. The van der Waals surface area contributed by atoms with Crippen molar-refractivity contribution in [3.8, 4) is 0 Å². The van der Waals surface area contributed by atoms with E-state index in [1.165, 1.54) is 6.42 Å². The minimum absolute atomic E-state index is 0. The van der Waals surface area contributed by atoms with Gasteiger partial charge < -0.3 is 5.32 Å². The highest BCUT2D eigenvalue weighted by Gasteiger charge is 2.25. The van der Waals surface area contributed by atoms with Gasteiger partial charge in [-0.05, 0) is 25.2 Å². The lowest BCUT2D eigenvalue weighted by atomic mass is 9.87. The summed E-state index contributed by atoms with van der Waals surface area (Å²) in [6.07, 6.45) is 4.30. The van der Waals surface area contributed by atoms with E-state index in [0.717, 1.165) is 31.7 Å². The SMILES string of the molecule is CCCC(C)(C)C(=O)NCCCC(C)C.[HH]. The van der Waals surface area contributed by atoms with Gasteiger partial charge in [0.15, 0.2) is 0 Å². The zero-order valence-corrected chi connectivity index (χ0v) is 11.0. The van der Waals surface area contributed by atoms with Gasteiger partial charge in [0.25, 0.3) is 0 Å². The fourth-order valence-electron chi connectivity index (χ4n) is 1.69. The van der Waals surface area contributed by atoms with Crippen LogP contribution in [-0.4, -0.2) is 12.5 Å². The van der Waals surface area contributed by atoms with Gasteiger partial charge in [0.2, 0.25) is 5.91 Å². The van der Waals surface area contributed by atoms with Gasteiger partial charge in [-0.3, -0.25) is 4.79 Å². The summed E-state index contributed by atoms with van der Waals surface area (Å²) in [4.78, 5) is 11.8. The summed E-state index contributed by atoms with van der Waals surface area (Å²) in [6.45, 7) is 11.4. The van der Waals surface area contributed by atoms with E-state index in [-0.39, 0.29) is 12.7 Å². The molecule has 0 aliphatic rings. The number of carbonyl (C=O) groups excluding carboxylic acids is 1. The first-order valence-corrected chi connectivity index (χ1v) is 6.18. The predicted molar refractivity (Wildman–Crippen MR) is 67.9 cm³/mol. The fourth-order valence-corrected chi connectivity index (χ4v) is 1.69. The first-order chi connectivity index (χ1) is 6.90. The van der Waals surface area contributed by atoms with Gasteiger partial charge in [0.05, 0.1) is 0 Å². The highest BCUT2D eigenvalue weighted by atomic mass is 16.2. The van der Waals surface area contributed by atoms with Gasteiger partial charge in [-0.25, -0.2) is 0 Å². The summed E-state index contributed by atoms with van der Waals surface area (Å²) in [6, 6.07) is 0. The third kappa shape index (κ3) is 6.53. The molecule has 0 rings (SSSR count). The molecular weight excluding hydrogens is 186 g/mol. The van der Waals surface area contributed by atoms with Crippen molar-refractivity contribution < 1.29 is 6.22 Å². The van der Waals surface area contributed by atoms with Gasteiger partial charge in [0, 0.05) is 13.4 Å². The molecule has 0 saturated heterocycles. The maximum Gasteiger partial charge on any atom is 0.225 e. The maximum atomic E-state index is 11.8. The van der Waals surface area contributed by atoms with Crippen LogP contribution in [0.2, 0.25) is 0 Å². The molecule has 1 amide bonds. The topological polar surface area (TPSA) is 29.1 Å². The second-order valence-corrected chi connectivity index (χ2v) is 5.43. The van der Waals surface area contributed by atoms with Gasteiger partial charge in [-0.15, -0.1) is 0 Å². The lowest BCUT2D eigenvalue weighted by molar-refractivity contribution is -0.129. The molecule has 0 fully saturated rings. The van der Waals surface area contributed by atoms with Crippen LogP contribution in [0.15, 0.2) is 0 Å². The summed E-state index contributed by atoms with van der Waals surface area (Å²) in [5.74, 6) is 0.929. The molecule has 0 bridgehead atoms. The Bertz CT molecular complexity index is 190. The molecule has 0 radical (unpaired) electrons. The molecule has 0 unspecified atom stereocenters. The number of rotatable bonds is 7. The lowest BCUT2D eigenvalue weighted by Crippen LogP contribution is -2.37. The van der Waals surface area contributed by atoms with Crippen molar-refractivity contribution in [1.82, 2.24) is 5.32 Å². The minimum Gasteiger partial charge on any atom is -0.356 e. The smallest absolute Gasteiger partial charge is 0.225 e. The molecule has 92 valence electrons. The van der Waals surface area contributed by atoms with E-state index < -0.39 is 0 Å². The molecule has 0 aromatic carbocycles. The standard InChI is InChI=1S/C13H27NO.H2/c1-6-9-13(4,5)12(15)14-10-7-8-11(2)3;/h11H,6-10H2,1-5H3,(H,14,15);1H. The van der Waals surface area contributed by atoms with Crippen LogP contribution in [0.5, 0.6) is 0 Å². The van der Waals surface area contributed by atoms with Gasteiger partial charge in [0.1, 0.15) is 0 Å². The zero-order chi connectivity index (χ0) is 11.9. The molecule has 0 atom stereocenters. The molecule has 2 nitrogen and oxygen atoms in total. The summed E-state index contributed by atoms with van der Waals surface area (Å²) >= 11 is 0. The summed E-state index contributed by atoms with van der Waals surface area (Å²) in [7, 11) is 0. The molecule has 0 aromatic heterocycles. The Balaban J connectivity index is 0. The molecule has 0 aliphatic carbocycles. The number of hydrogen-bond donors (Lipinski definition) is 1. The van der Waals surface area contributed by atoms with Crippen molar-refractivity contribution in [2.75, 3.05) is 6.54 Å². The third-order valence-corrected chi connectivity index (χ3v) is 2.73. The Morgan fingerprint density at radius 3 is 2.47 bits per heavy atom. The maximum absolute atomic E-state index is 11.8. The first kappa shape index (κ1) is 14.5. The van der Waals surface area contributed by atoms with Crippen LogP contribution in [0.25, 0.3) is 0 Å². The van der Waals surface area contributed by atoms with E-state index in [1.54, 1.807) is 0 Å². The van der Waals surface area contributed by atoms with E-state index in [0.29, 0.717) is 0 Å². The lowest BCUT2D eigenvalue weighted by Gasteiger charge is -2.22. The van der Waals surface area contributed by atoms with Crippen molar-refractivity contribution in [2.45, 2.75) is 60.3 Å². The van der Waals surface area contributed by atoms with Crippen molar-refractivity contribution >= 4 is 5.91 Å². The third-order valence-electron chi connectivity index (χ3n) is 2.73. The van der Waals surface area contributed by atoms with E-state index in [9.17, 15) is 4.79 Å². The van der Waals surface area contributed by atoms with Crippen LogP contribution in [0.1, 0.15) is 61.7 Å². The van der Waals surface area contributed by atoms with Crippen LogP contribution in [0.4, 0.5) is 0 Å². The second kappa shape index (κ2) is 6.86. The van der Waals surface area contributed by atoms with Gasteiger partial charge in [-0.1, -0.05) is 41.0 Å². The molecular formula is C13H29NO. The van der Waals surface area contributed by atoms with Crippen LogP contribution in [0.3, 0.4) is 0 Å². The Labute approximate surface area is 96.3 Å². The van der Waals surface area contributed by atoms with Crippen LogP contribution >= 0.6 is 0 Å². The molecule has 0 aromatic rings. The number of carbonyl (C=O) groups is 1. The van der Waals surface area contributed by atoms with E-state index in [1.807, 2.05) is 13.8 Å². The second-order valence-electron chi connectivity index (χ2n) is 5.43. The molecule has 0 saturated carbocycles. The Morgan fingerprint density at radius 2 is 2.00 bits per heavy atom. The molecule has 0 heterocycles. The number of nitrogens with one attached hydrogen (secondary N) is 1. The van der Waals surface area contributed by atoms with E-state index >= 15 is 0 Å². The molecule has 0 aliphatic heterocycles. The molecule has 15 heavy (non-hydrogen) atoms. The quantitative estimate of drug-likeness (QED) is 0.646. The number of hydrogen-bond acceptors (Lipinski definition) is 1. The van der Waals surface area contributed by atoms with Crippen molar-refractivity contribution in [2.24, 2.45) is 11.3 Å². The Hall–Kier alpha value is -0.530. The largest absolute Gasteiger partial charge is 0.356 e. The molecule has 0 spiro atoms. The van der Waals surface area contributed by atoms with Crippen molar-refractivity contribution in [3.63, 3.8) is 0 Å². The van der Waals surface area contributed by atoms with Gasteiger partial charge >= 0.3 is 0 Å². The van der Waals surface area contributed by atoms with Crippen molar-refractivity contribution in [1.29, 1.82) is 0 Å². The minimum atomic E-state index is -0.202. The summed E-state index contributed by atoms with van der Waals surface area (Å²) < 4.78 is 0. The Morgan fingerprint density at radius 1 is 1.40 bits per heavy atom. The first-order valence-electron chi connectivity index (χ1n) is 6.18. The van der Waals surface area contributed by atoms with E-state index in [2.05, 4.69) is 26.1 Å². The van der Waals surface area contributed by atoms with E-state index in [4.69, 9.17) is 0 Å². The molecule has 1 N–H and O–H groups in total. The Kier molecular flexibility index (Phi) is 6.62. The monoisotopic (exact) mass is 215 g/mol. The van der Waals surface area contributed by atoms with Crippen LogP contribution < -0.4 is 5.32 Å². The average molecular weight is 215 g/mol. The van der Waals surface area contributed by atoms with Crippen LogP contribution in [-0.2, 0) is 4.79 Å². The highest BCUT2D eigenvalue weighted by molar-refractivity contribution is 5.81. The van der Waals surface area contributed by atoms with Gasteiger partial charge in [-0.2, -0.15) is 0 Å². The molecule has 2 heteroatoms. The number of amides is 1. The summed E-state index contributed by atoms with van der Waals surface area (Å²) in [5.41, 5.74) is -0.202.